The van der Waals surface area contributed by atoms with E-state index in [9.17, 15) is 9.90 Å². The van der Waals surface area contributed by atoms with E-state index >= 15 is 0 Å². The minimum absolute atomic E-state index is 0.232. The second-order valence-corrected chi connectivity index (χ2v) is 7.10. The van der Waals surface area contributed by atoms with Crippen LogP contribution in [-0.4, -0.2) is 55.9 Å². The molecule has 4 rings (SSSR count). The molecule has 156 valence electrons. The molecule has 0 aliphatic carbocycles. The number of pyridine rings is 1. The van der Waals surface area contributed by atoms with Crippen molar-refractivity contribution in [3.05, 3.63) is 65.5 Å². The van der Waals surface area contributed by atoms with Gasteiger partial charge >= 0.3 is 0 Å². The zero-order chi connectivity index (χ0) is 20.9. The van der Waals surface area contributed by atoms with E-state index in [0.29, 0.717) is 31.1 Å². The average Bonchev–Trinajstić information content (AvgIpc) is 3.06. The van der Waals surface area contributed by atoms with Crippen molar-refractivity contribution >= 4 is 5.91 Å². The van der Waals surface area contributed by atoms with E-state index in [0.717, 1.165) is 36.7 Å². The van der Waals surface area contributed by atoms with Crippen LogP contribution in [0.3, 0.4) is 0 Å². The molecule has 30 heavy (non-hydrogen) atoms. The number of carbonyl (C=O) groups excluding carboxylic acids is 1. The van der Waals surface area contributed by atoms with Crippen molar-refractivity contribution in [2.75, 3.05) is 20.2 Å². The van der Waals surface area contributed by atoms with Gasteiger partial charge in [-0.1, -0.05) is 12.1 Å². The van der Waals surface area contributed by atoms with Gasteiger partial charge in [0.05, 0.1) is 13.7 Å². The van der Waals surface area contributed by atoms with Gasteiger partial charge in [-0.15, -0.1) is 10.2 Å². The van der Waals surface area contributed by atoms with Gasteiger partial charge in [0.15, 0.2) is 5.82 Å². The highest BCUT2D eigenvalue weighted by molar-refractivity contribution is 5.92. The maximum Gasteiger partial charge on any atom is 0.270 e. The predicted octanol–water partition coefficient (Wildman–Crippen LogP) is 1.38. The minimum atomic E-state index is -0.238. The lowest BCUT2D eigenvalue weighted by Crippen LogP contribution is -2.28. The summed E-state index contributed by atoms with van der Waals surface area (Å²) >= 11 is 0. The molecule has 0 unspecified atom stereocenters. The van der Waals surface area contributed by atoms with Gasteiger partial charge in [-0.05, 0) is 18.2 Å². The zero-order valence-electron chi connectivity index (χ0n) is 16.8. The van der Waals surface area contributed by atoms with Gasteiger partial charge in [0.1, 0.15) is 23.0 Å². The third-order valence-electron chi connectivity index (χ3n) is 5.19. The maximum absolute atomic E-state index is 12.2. The molecular weight excluding hydrogens is 384 g/mol. The van der Waals surface area contributed by atoms with Gasteiger partial charge in [-0.25, -0.2) is 0 Å². The Bertz CT molecular complexity index is 1020. The highest BCUT2D eigenvalue weighted by Crippen LogP contribution is 2.25. The van der Waals surface area contributed by atoms with Gasteiger partial charge in [-0.3, -0.25) is 14.7 Å². The Hall–Kier alpha value is -3.46. The molecule has 9 heteroatoms. The number of phenols is 1. The fourth-order valence-corrected chi connectivity index (χ4v) is 3.51. The molecule has 0 atom stereocenters. The van der Waals surface area contributed by atoms with Crippen LogP contribution in [-0.2, 0) is 26.1 Å². The van der Waals surface area contributed by atoms with E-state index in [1.165, 1.54) is 0 Å². The Kier molecular flexibility index (Phi) is 5.89. The van der Waals surface area contributed by atoms with E-state index in [2.05, 4.69) is 30.0 Å². The van der Waals surface area contributed by atoms with Crippen LogP contribution >= 0.6 is 0 Å². The van der Waals surface area contributed by atoms with Gasteiger partial charge in [-0.2, -0.15) is 0 Å². The fraction of sp³-hybridized carbons (Fsp3) is 0.333. The molecule has 9 nitrogen and oxygen atoms in total. The Morgan fingerprint density at radius 2 is 2.10 bits per heavy atom. The standard InChI is InChI=1S/C21H24N6O3/c1-30-16-6-5-15(18(28)12-16)14-26-9-7-19-24-25-20(27(19)11-10-26)13-23-21(29)17-4-2-3-8-22-17/h2-6,8,12,28H,7,9-11,13-14H2,1H3,(H,23,29). The Labute approximate surface area is 174 Å². The van der Waals surface area contributed by atoms with Crippen molar-refractivity contribution in [1.82, 2.24) is 30.0 Å². The van der Waals surface area contributed by atoms with Gasteiger partial charge in [0, 0.05) is 50.4 Å². The molecular formula is C21H24N6O3. The summed E-state index contributed by atoms with van der Waals surface area (Å²) in [6.45, 7) is 3.25. The number of fused-ring (bicyclic) bond motifs is 1. The van der Waals surface area contributed by atoms with Crippen LogP contribution in [0.15, 0.2) is 42.6 Å². The second kappa shape index (κ2) is 8.91. The molecule has 3 heterocycles. The number of hydrogen-bond donors (Lipinski definition) is 2. The summed E-state index contributed by atoms with van der Waals surface area (Å²) in [7, 11) is 1.58. The van der Waals surface area contributed by atoms with Crippen LogP contribution in [0.5, 0.6) is 11.5 Å². The van der Waals surface area contributed by atoms with E-state index in [-0.39, 0.29) is 11.7 Å². The number of carbonyl (C=O) groups is 1. The number of aromatic hydroxyl groups is 1. The first-order chi connectivity index (χ1) is 14.6. The van der Waals surface area contributed by atoms with Gasteiger partial charge in [0.25, 0.3) is 5.91 Å². The SMILES string of the molecule is COc1ccc(CN2CCc3nnc(CNC(=O)c4ccccn4)n3CC2)c(O)c1. The van der Waals surface area contributed by atoms with Crippen molar-refractivity contribution in [2.24, 2.45) is 0 Å². The third kappa shape index (κ3) is 4.41. The Morgan fingerprint density at radius 1 is 1.20 bits per heavy atom. The summed E-state index contributed by atoms with van der Waals surface area (Å²) in [5, 5.41) is 21.7. The fourth-order valence-electron chi connectivity index (χ4n) is 3.51. The maximum atomic E-state index is 12.2. The first-order valence-electron chi connectivity index (χ1n) is 9.82. The van der Waals surface area contributed by atoms with Crippen molar-refractivity contribution in [3.8, 4) is 11.5 Å². The average molecular weight is 408 g/mol. The number of ether oxygens (including phenoxy) is 1. The number of benzene rings is 1. The van der Waals surface area contributed by atoms with Crippen molar-refractivity contribution < 1.29 is 14.6 Å². The van der Waals surface area contributed by atoms with E-state index in [1.807, 2.05) is 12.1 Å². The highest BCUT2D eigenvalue weighted by atomic mass is 16.5. The molecule has 0 radical (unpaired) electrons. The van der Waals surface area contributed by atoms with Crippen molar-refractivity contribution in [1.29, 1.82) is 0 Å². The Balaban J connectivity index is 1.37. The topological polar surface area (TPSA) is 105 Å². The smallest absolute Gasteiger partial charge is 0.270 e. The molecule has 0 saturated heterocycles. The number of methoxy groups -OCH3 is 1. The van der Waals surface area contributed by atoms with Crippen LogP contribution in [0, 0.1) is 0 Å². The van der Waals surface area contributed by atoms with Crippen molar-refractivity contribution in [3.63, 3.8) is 0 Å². The quantitative estimate of drug-likeness (QED) is 0.635. The number of rotatable bonds is 6. The molecule has 1 amide bonds. The summed E-state index contributed by atoms with van der Waals surface area (Å²) < 4.78 is 7.21. The molecule has 0 fully saturated rings. The van der Waals surface area contributed by atoms with Gasteiger partial charge < -0.3 is 19.7 Å². The lowest BCUT2D eigenvalue weighted by atomic mass is 10.1. The highest BCUT2D eigenvalue weighted by Gasteiger charge is 2.20. The molecule has 2 aromatic heterocycles. The summed E-state index contributed by atoms with van der Waals surface area (Å²) in [6.07, 6.45) is 2.34. The number of aromatic nitrogens is 4. The van der Waals surface area contributed by atoms with Gasteiger partial charge in [0.2, 0.25) is 0 Å². The minimum Gasteiger partial charge on any atom is -0.507 e. The molecule has 0 saturated carbocycles. The molecule has 0 bridgehead atoms. The van der Waals surface area contributed by atoms with Crippen LogP contribution < -0.4 is 10.1 Å². The first-order valence-corrected chi connectivity index (χ1v) is 9.82. The summed E-state index contributed by atoms with van der Waals surface area (Å²) in [4.78, 5) is 18.6. The number of nitrogens with one attached hydrogen (secondary N) is 1. The lowest BCUT2D eigenvalue weighted by Gasteiger charge is -2.20. The largest absolute Gasteiger partial charge is 0.507 e. The Morgan fingerprint density at radius 3 is 2.87 bits per heavy atom. The van der Waals surface area contributed by atoms with E-state index in [4.69, 9.17) is 4.74 Å². The van der Waals surface area contributed by atoms with E-state index < -0.39 is 0 Å². The molecule has 1 aliphatic rings. The summed E-state index contributed by atoms with van der Waals surface area (Å²) in [6, 6.07) is 10.6. The van der Waals surface area contributed by atoms with Crippen LogP contribution in [0.25, 0.3) is 0 Å². The number of phenolic OH excluding ortho intramolecular Hbond substituents is 1. The lowest BCUT2D eigenvalue weighted by molar-refractivity contribution is 0.0944. The molecule has 3 aromatic rings. The molecule has 0 spiro atoms. The number of amides is 1. The zero-order valence-corrected chi connectivity index (χ0v) is 16.8. The summed E-state index contributed by atoms with van der Waals surface area (Å²) in [5.41, 5.74) is 1.23. The van der Waals surface area contributed by atoms with Crippen LogP contribution in [0.1, 0.15) is 27.7 Å². The monoisotopic (exact) mass is 408 g/mol. The van der Waals surface area contributed by atoms with E-state index in [1.54, 1.807) is 37.6 Å². The predicted molar refractivity (Wildman–Crippen MR) is 109 cm³/mol. The van der Waals surface area contributed by atoms with Crippen LogP contribution in [0.4, 0.5) is 0 Å². The molecule has 2 N–H and O–H groups in total. The normalized spacial score (nSPS) is 14.0. The van der Waals surface area contributed by atoms with Crippen molar-refractivity contribution in [2.45, 2.75) is 26.1 Å². The molecule has 1 aliphatic heterocycles. The van der Waals surface area contributed by atoms with Crippen LogP contribution in [0.2, 0.25) is 0 Å². The second-order valence-electron chi connectivity index (χ2n) is 7.10. The summed E-state index contributed by atoms with van der Waals surface area (Å²) in [5.74, 6) is 2.26. The number of hydrogen-bond acceptors (Lipinski definition) is 7. The number of nitrogens with zero attached hydrogens (tertiary/aromatic N) is 5. The third-order valence-corrected chi connectivity index (χ3v) is 5.19. The molecule has 1 aromatic carbocycles. The first kappa shape index (κ1) is 19.8.